The van der Waals surface area contributed by atoms with E-state index in [1.165, 1.54) is 16.5 Å². The Morgan fingerprint density at radius 2 is 1.71 bits per heavy atom. The predicted molar refractivity (Wildman–Crippen MR) is 128 cm³/mol. The van der Waals surface area contributed by atoms with E-state index in [2.05, 4.69) is 5.32 Å². The molecule has 0 bridgehead atoms. The lowest BCUT2D eigenvalue weighted by Gasteiger charge is -2.12. The van der Waals surface area contributed by atoms with Crippen molar-refractivity contribution in [3.05, 3.63) is 81.5 Å². The number of halogens is 3. The van der Waals surface area contributed by atoms with Crippen LogP contribution in [0.15, 0.2) is 53.3 Å². The first-order valence-electron chi connectivity index (χ1n) is 11.0. The maximum Gasteiger partial charge on any atom is 0.416 e. The smallest absolute Gasteiger partial charge is 0.398 e. The van der Waals surface area contributed by atoms with Crippen LogP contribution in [0.25, 0.3) is 16.9 Å². The summed E-state index contributed by atoms with van der Waals surface area (Å²) in [6.07, 6.45) is -3.99. The molecule has 0 aliphatic carbocycles. The monoisotopic (exact) mass is 483 g/mol. The van der Waals surface area contributed by atoms with E-state index in [9.17, 15) is 22.8 Å². The number of anilines is 2. The van der Waals surface area contributed by atoms with Gasteiger partial charge in [0.2, 0.25) is 11.7 Å². The minimum absolute atomic E-state index is 0.174. The van der Waals surface area contributed by atoms with Crippen LogP contribution >= 0.6 is 0 Å². The predicted octanol–water partition coefficient (Wildman–Crippen LogP) is 4.58. The third-order valence-electron chi connectivity index (χ3n) is 6.01. The summed E-state index contributed by atoms with van der Waals surface area (Å²) < 4.78 is 41.4. The molecule has 10 heteroatoms. The quantitative estimate of drug-likeness (QED) is 0.406. The highest BCUT2D eigenvalue weighted by Crippen LogP contribution is 2.30. The summed E-state index contributed by atoms with van der Waals surface area (Å²) in [5.41, 5.74) is 8.60. The lowest BCUT2D eigenvalue weighted by molar-refractivity contribution is -0.137. The van der Waals surface area contributed by atoms with Crippen molar-refractivity contribution in [2.45, 2.75) is 39.9 Å². The number of aromatic nitrogens is 3. The third-order valence-corrected chi connectivity index (χ3v) is 6.01. The number of aryl methyl sites for hydroxylation is 2. The van der Waals surface area contributed by atoms with Gasteiger partial charge >= 0.3 is 6.18 Å². The van der Waals surface area contributed by atoms with Crippen LogP contribution in [0.5, 0.6) is 0 Å². The van der Waals surface area contributed by atoms with E-state index in [0.29, 0.717) is 46.1 Å². The summed E-state index contributed by atoms with van der Waals surface area (Å²) in [4.78, 5) is 31.1. The van der Waals surface area contributed by atoms with Crippen LogP contribution in [0.2, 0.25) is 0 Å². The number of rotatable bonds is 5. The van der Waals surface area contributed by atoms with Crippen LogP contribution in [0.4, 0.5) is 24.5 Å². The first kappa shape index (κ1) is 24.1. The molecule has 2 aromatic heterocycles. The summed E-state index contributed by atoms with van der Waals surface area (Å²) >= 11 is 0. The van der Waals surface area contributed by atoms with Crippen LogP contribution in [0.3, 0.4) is 0 Å². The topological polar surface area (TPSA) is 94.4 Å². The molecule has 2 heterocycles. The van der Waals surface area contributed by atoms with Crippen LogP contribution in [0.1, 0.15) is 29.6 Å². The lowest BCUT2D eigenvalue weighted by Crippen LogP contribution is -2.23. The Labute approximate surface area is 199 Å². The molecule has 182 valence electrons. The van der Waals surface area contributed by atoms with E-state index < -0.39 is 17.6 Å². The zero-order valence-electron chi connectivity index (χ0n) is 19.4. The molecule has 0 atom stereocenters. The zero-order valence-corrected chi connectivity index (χ0v) is 19.4. The number of hydrogen-bond acceptors (Lipinski definition) is 4. The number of amides is 1. The molecule has 0 spiro atoms. The van der Waals surface area contributed by atoms with Gasteiger partial charge in [-0.25, -0.2) is 9.38 Å². The average Bonchev–Trinajstić information content (AvgIpc) is 3.04. The second-order valence-corrected chi connectivity index (χ2v) is 8.20. The number of nitrogens with one attached hydrogen (secondary N) is 1. The van der Waals surface area contributed by atoms with Crippen LogP contribution in [-0.4, -0.2) is 19.9 Å². The molecule has 7 nitrogen and oxygen atoms in total. The van der Waals surface area contributed by atoms with Crippen molar-refractivity contribution in [3.63, 3.8) is 0 Å². The maximum atomic E-state index is 13.6. The first-order chi connectivity index (χ1) is 16.5. The maximum absolute atomic E-state index is 13.6. The zero-order chi connectivity index (χ0) is 25.5. The lowest BCUT2D eigenvalue weighted by atomic mass is 10.0. The number of nitrogen functional groups attached to an aromatic ring is 1. The number of nitrogens with two attached hydrogens (primary N) is 1. The van der Waals surface area contributed by atoms with E-state index in [-0.39, 0.29) is 17.8 Å². The van der Waals surface area contributed by atoms with Gasteiger partial charge in [0.25, 0.3) is 5.56 Å². The highest BCUT2D eigenvalue weighted by molar-refractivity contribution is 5.91. The molecule has 4 aromatic rings. The van der Waals surface area contributed by atoms with Crippen molar-refractivity contribution in [1.82, 2.24) is 14.0 Å². The van der Waals surface area contributed by atoms with Gasteiger partial charge in [0, 0.05) is 28.3 Å². The Hall–Kier alpha value is -4.08. The highest BCUT2D eigenvalue weighted by Gasteiger charge is 2.30. The number of para-hydroxylation sites is 1. The fourth-order valence-corrected chi connectivity index (χ4v) is 4.07. The Kier molecular flexibility index (Phi) is 6.14. The largest absolute Gasteiger partial charge is 0.416 e. The van der Waals surface area contributed by atoms with E-state index in [0.717, 1.165) is 12.1 Å². The van der Waals surface area contributed by atoms with Gasteiger partial charge in [0.05, 0.1) is 16.8 Å². The first-order valence-corrected chi connectivity index (χ1v) is 11.0. The van der Waals surface area contributed by atoms with Crippen LogP contribution in [-0.2, 0) is 23.9 Å². The van der Waals surface area contributed by atoms with Crippen molar-refractivity contribution < 1.29 is 18.0 Å². The van der Waals surface area contributed by atoms with Gasteiger partial charge in [-0.2, -0.15) is 13.2 Å². The summed E-state index contributed by atoms with van der Waals surface area (Å²) in [7, 11) is 0. The van der Waals surface area contributed by atoms with E-state index in [4.69, 9.17) is 10.7 Å². The number of benzene rings is 2. The number of fused-ring (bicyclic) bond motifs is 1. The standard InChI is InChI=1S/C25H24F3N5O2/c1-4-20-22(18-7-5-6-8-19(18)29)23(35)33-15(3)14(2)32(24(33)31-20)13-21(34)30-17-11-9-16(10-12-17)25(26,27)28/h5-12H,4,13,29H2,1-3H3,(H,30,34). The van der Waals surface area contributed by atoms with Gasteiger partial charge in [0.1, 0.15) is 6.54 Å². The summed E-state index contributed by atoms with van der Waals surface area (Å²) in [6.45, 7) is 5.24. The molecule has 0 aliphatic rings. The van der Waals surface area contributed by atoms with Gasteiger partial charge < -0.3 is 15.6 Å². The number of hydrogen-bond donors (Lipinski definition) is 2. The molecule has 0 aliphatic heterocycles. The van der Waals surface area contributed by atoms with Gasteiger partial charge in [-0.1, -0.05) is 25.1 Å². The molecular formula is C25H24F3N5O2. The third kappa shape index (κ3) is 4.39. The van der Waals surface area contributed by atoms with Crippen molar-refractivity contribution in [3.8, 4) is 11.1 Å². The Balaban J connectivity index is 1.73. The number of carbonyl (C=O) groups is 1. The molecule has 0 unspecified atom stereocenters. The van der Waals surface area contributed by atoms with Crippen molar-refractivity contribution in [2.75, 3.05) is 11.1 Å². The molecule has 4 rings (SSSR count). The van der Waals surface area contributed by atoms with Gasteiger partial charge in [-0.15, -0.1) is 0 Å². The van der Waals surface area contributed by atoms with Crippen molar-refractivity contribution in [1.29, 1.82) is 0 Å². The SMILES string of the molecule is CCc1nc2n(CC(=O)Nc3ccc(C(F)(F)F)cc3)c(C)c(C)n2c(=O)c1-c1ccccc1N. The number of carbonyl (C=O) groups excluding carboxylic acids is 1. The number of nitrogens with zero attached hydrogens (tertiary/aromatic N) is 3. The molecule has 0 saturated heterocycles. The second kappa shape index (κ2) is 8.94. The molecule has 0 fully saturated rings. The van der Waals surface area contributed by atoms with Crippen LogP contribution in [0, 0.1) is 13.8 Å². The fourth-order valence-electron chi connectivity index (χ4n) is 4.07. The van der Waals surface area contributed by atoms with Crippen LogP contribution < -0.4 is 16.6 Å². The second-order valence-electron chi connectivity index (χ2n) is 8.20. The fraction of sp³-hybridized carbons (Fsp3) is 0.240. The number of alkyl halides is 3. The molecular weight excluding hydrogens is 459 g/mol. The minimum atomic E-state index is -4.46. The van der Waals surface area contributed by atoms with Crippen molar-refractivity contribution in [2.24, 2.45) is 0 Å². The summed E-state index contributed by atoms with van der Waals surface area (Å²) in [5.74, 6) is -0.156. The molecule has 0 saturated carbocycles. The van der Waals surface area contributed by atoms with Gasteiger partial charge in [0.15, 0.2) is 0 Å². The average molecular weight is 483 g/mol. The molecule has 35 heavy (non-hydrogen) atoms. The van der Waals surface area contributed by atoms with Crippen molar-refractivity contribution >= 4 is 23.1 Å². The summed E-state index contributed by atoms with van der Waals surface area (Å²) in [6, 6.07) is 11.3. The molecule has 1 amide bonds. The summed E-state index contributed by atoms with van der Waals surface area (Å²) in [5, 5.41) is 2.60. The Morgan fingerprint density at radius 3 is 2.31 bits per heavy atom. The Bertz CT molecular complexity index is 1480. The molecule has 0 radical (unpaired) electrons. The van der Waals surface area contributed by atoms with Gasteiger partial charge in [-0.05, 0) is 50.6 Å². The Morgan fingerprint density at radius 1 is 1.06 bits per heavy atom. The normalized spacial score (nSPS) is 11.7. The van der Waals surface area contributed by atoms with E-state index in [1.54, 1.807) is 42.7 Å². The molecule has 2 aromatic carbocycles. The van der Waals surface area contributed by atoms with E-state index >= 15 is 0 Å². The minimum Gasteiger partial charge on any atom is -0.398 e. The molecule has 3 N–H and O–H groups in total. The highest BCUT2D eigenvalue weighted by atomic mass is 19.4. The van der Waals surface area contributed by atoms with Gasteiger partial charge in [-0.3, -0.25) is 9.59 Å². The van der Waals surface area contributed by atoms with E-state index in [1.807, 2.05) is 6.92 Å². The number of imidazole rings is 1.